The summed E-state index contributed by atoms with van der Waals surface area (Å²) in [5.74, 6) is 0. The zero-order valence-electron chi connectivity index (χ0n) is 11.1. The van der Waals surface area contributed by atoms with Crippen molar-refractivity contribution in [3.8, 4) is 0 Å². The number of halogens is 2. The zero-order valence-corrected chi connectivity index (χ0v) is 13.5. The second kappa shape index (κ2) is 5.87. The first-order chi connectivity index (χ1) is 8.60. The third-order valence-corrected chi connectivity index (χ3v) is 5.26. The van der Waals surface area contributed by atoms with Gasteiger partial charge >= 0.3 is 0 Å². The van der Waals surface area contributed by atoms with Crippen molar-refractivity contribution in [3.05, 3.63) is 22.2 Å². The number of nitrogens with two attached hydrogens (primary N) is 1. The Kier molecular flexibility index (Phi) is 5.12. The Morgan fingerprint density at radius 1 is 1.32 bits per heavy atom. The van der Waals surface area contributed by atoms with Gasteiger partial charge in [0.2, 0.25) is 10.0 Å². The Hall–Kier alpha value is -0.490. The van der Waals surface area contributed by atoms with Crippen LogP contribution >= 0.6 is 23.2 Å². The lowest BCUT2D eigenvalue weighted by molar-refractivity contribution is 0.418. The molecule has 0 atom stereocenters. The number of sulfonamides is 1. The van der Waals surface area contributed by atoms with E-state index in [1.54, 1.807) is 0 Å². The highest BCUT2D eigenvalue weighted by Crippen LogP contribution is 2.33. The number of hydrogen-bond acceptors (Lipinski definition) is 3. The summed E-state index contributed by atoms with van der Waals surface area (Å²) < 4.78 is 27.3. The average molecular weight is 325 g/mol. The monoisotopic (exact) mass is 324 g/mol. The first-order valence-corrected chi connectivity index (χ1v) is 8.12. The van der Waals surface area contributed by atoms with Gasteiger partial charge in [0.25, 0.3) is 0 Å². The van der Waals surface area contributed by atoms with Crippen molar-refractivity contribution in [2.24, 2.45) is 0 Å². The molecule has 1 aromatic rings. The first-order valence-electron chi connectivity index (χ1n) is 5.88. The van der Waals surface area contributed by atoms with Crippen molar-refractivity contribution in [2.75, 3.05) is 5.73 Å². The van der Waals surface area contributed by atoms with Gasteiger partial charge in [-0.05, 0) is 32.4 Å². The van der Waals surface area contributed by atoms with Crippen LogP contribution in [-0.2, 0) is 10.0 Å². The number of nitrogen functional groups attached to an aromatic ring is 1. The van der Waals surface area contributed by atoms with E-state index >= 15 is 0 Å². The molecule has 0 spiro atoms. The van der Waals surface area contributed by atoms with Gasteiger partial charge in [-0.15, -0.1) is 0 Å². The number of nitrogens with one attached hydrogen (secondary N) is 1. The molecule has 4 nitrogen and oxygen atoms in total. The lowest BCUT2D eigenvalue weighted by atomic mass is 10.0. The molecule has 0 heterocycles. The molecule has 0 aliphatic rings. The van der Waals surface area contributed by atoms with Crippen LogP contribution in [0.3, 0.4) is 0 Å². The molecule has 0 bridgehead atoms. The van der Waals surface area contributed by atoms with Crippen LogP contribution in [0.4, 0.5) is 5.69 Å². The van der Waals surface area contributed by atoms with Gasteiger partial charge < -0.3 is 5.73 Å². The molecule has 0 fully saturated rings. The van der Waals surface area contributed by atoms with Crippen molar-refractivity contribution < 1.29 is 8.42 Å². The average Bonchev–Trinajstić information content (AvgIpc) is 2.23. The van der Waals surface area contributed by atoms with E-state index < -0.39 is 15.6 Å². The highest BCUT2D eigenvalue weighted by Gasteiger charge is 2.28. The number of rotatable bonds is 5. The van der Waals surface area contributed by atoms with Crippen LogP contribution in [0.5, 0.6) is 0 Å². The minimum atomic E-state index is -3.73. The molecule has 0 radical (unpaired) electrons. The maximum atomic E-state index is 12.3. The lowest BCUT2D eigenvalue weighted by Gasteiger charge is -2.25. The van der Waals surface area contributed by atoms with E-state index in [9.17, 15) is 8.42 Å². The van der Waals surface area contributed by atoms with Gasteiger partial charge in [-0.25, -0.2) is 13.1 Å². The molecule has 108 valence electrons. The van der Waals surface area contributed by atoms with Gasteiger partial charge in [0.15, 0.2) is 0 Å². The third-order valence-electron chi connectivity index (χ3n) is 2.67. The maximum Gasteiger partial charge on any atom is 0.242 e. The van der Waals surface area contributed by atoms with Crippen LogP contribution in [0.25, 0.3) is 0 Å². The van der Waals surface area contributed by atoms with Gasteiger partial charge in [-0.1, -0.05) is 36.5 Å². The van der Waals surface area contributed by atoms with Crippen molar-refractivity contribution in [3.63, 3.8) is 0 Å². The summed E-state index contributed by atoms with van der Waals surface area (Å²) in [4.78, 5) is -0.0553. The number of benzene rings is 1. The minimum absolute atomic E-state index is 0.0488. The Bertz CT molecular complexity index is 571. The van der Waals surface area contributed by atoms with Gasteiger partial charge in [-0.3, -0.25) is 0 Å². The normalized spacial score (nSPS) is 12.7. The van der Waals surface area contributed by atoms with Crippen molar-refractivity contribution in [2.45, 2.75) is 44.0 Å². The van der Waals surface area contributed by atoms with Gasteiger partial charge in [0.05, 0.1) is 15.7 Å². The quantitative estimate of drug-likeness (QED) is 0.815. The smallest absolute Gasteiger partial charge is 0.242 e. The molecule has 0 amide bonds. The fourth-order valence-electron chi connectivity index (χ4n) is 1.85. The van der Waals surface area contributed by atoms with E-state index in [4.69, 9.17) is 28.9 Å². The third kappa shape index (κ3) is 3.99. The predicted octanol–water partition coefficient (Wildman–Crippen LogP) is 3.43. The summed E-state index contributed by atoms with van der Waals surface area (Å²) in [5, 5.41) is 0.184. The maximum absolute atomic E-state index is 12.3. The number of hydrogen-bond donors (Lipinski definition) is 2. The van der Waals surface area contributed by atoms with Crippen molar-refractivity contribution >= 4 is 38.9 Å². The molecule has 0 aromatic heterocycles. The summed E-state index contributed by atoms with van der Waals surface area (Å²) in [6.45, 7) is 5.63. The Morgan fingerprint density at radius 2 is 1.89 bits per heavy atom. The van der Waals surface area contributed by atoms with E-state index in [0.29, 0.717) is 6.42 Å². The fourth-order valence-corrected chi connectivity index (χ4v) is 4.06. The second-order valence-electron chi connectivity index (χ2n) is 5.01. The largest absolute Gasteiger partial charge is 0.396 e. The molecule has 0 unspecified atom stereocenters. The summed E-state index contributed by atoms with van der Waals surface area (Å²) in [7, 11) is -3.73. The summed E-state index contributed by atoms with van der Waals surface area (Å²) in [6.07, 6.45) is 1.58. The molecule has 0 saturated carbocycles. The second-order valence-corrected chi connectivity index (χ2v) is 7.45. The summed E-state index contributed by atoms with van der Waals surface area (Å²) in [5.41, 5.74) is 5.16. The van der Waals surface area contributed by atoms with Crippen LogP contribution in [0.2, 0.25) is 10.0 Å². The van der Waals surface area contributed by atoms with E-state index in [1.165, 1.54) is 12.1 Å². The zero-order chi connectivity index (χ0) is 14.8. The number of anilines is 1. The van der Waals surface area contributed by atoms with Crippen LogP contribution in [0.15, 0.2) is 17.0 Å². The summed E-state index contributed by atoms with van der Waals surface area (Å²) in [6, 6.07) is 2.77. The minimum Gasteiger partial charge on any atom is -0.396 e. The van der Waals surface area contributed by atoms with E-state index in [1.807, 2.05) is 20.8 Å². The van der Waals surface area contributed by atoms with E-state index in [-0.39, 0.29) is 20.6 Å². The molecule has 19 heavy (non-hydrogen) atoms. The van der Waals surface area contributed by atoms with Gasteiger partial charge in [0.1, 0.15) is 4.90 Å². The molecule has 0 saturated heterocycles. The molecular weight excluding hydrogens is 307 g/mol. The lowest BCUT2D eigenvalue weighted by Crippen LogP contribution is -2.43. The molecule has 0 aliphatic heterocycles. The highest BCUT2D eigenvalue weighted by molar-refractivity contribution is 7.89. The molecular formula is C12H18Cl2N2O2S. The van der Waals surface area contributed by atoms with Crippen molar-refractivity contribution in [1.29, 1.82) is 0 Å². The molecule has 1 rings (SSSR count). The van der Waals surface area contributed by atoms with Crippen LogP contribution in [-0.4, -0.2) is 14.0 Å². The summed E-state index contributed by atoms with van der Waals surface area (Å²) >= 11 is 11.8. The SMILES string of the molecule is CCCC(C)(C)NS(=O)(=O)c1ccc(Cl)c(N)c1Cl. The van der Waals surface area contributed by atoms with Gasteiger partial charge in [-0.2, -0.15) is 0 Å². The van der Waals surface area contributed by atoms with E-state index in [2.05, 4.69) is 4.72 Å². The van der Waals surface area contributed by atoms with Crippen LogP contribution in [0, 0.1) is 0 Å². The Balaban J connectivity index is 3.19. The van der Waals surface area contributed by atoms with E-state index in [0.717, 1.165) is 6.42 Å². The fraction of sp³-hybridized carbons (Fsp3) is 0.500. The highest BCUT2D eigenvalue weighted by atomic mass is 35.5. The molecule has 3 N–H and O–H groups in total. The Labute approximate surface area is 124 Å². The first kappa shape index (κ1) is 16.6. The van der Waals surface area contributed by atoms with Gasteiger partial charge in [0, 0.05) is 5.54 Å². The standard InChI is InChI=1S/C12H18Cl2N2O2S/c1-4-7-12(2,3)16-19(17,18)9-6-5-8(13)11(15)10(9)14/h5-6,16H,4,7,15H2,1-3H3. The van der Waals surface area contributed by atoms with Crippen molar-refractivity contribution in [1.82, 2.24) is 4.72 Å². The molecule has 0 aliphatic carbocycles. The topological polar surface area (TPSA) is 72.2 Å². The van der Waals surface area contributed by atoms with Crippen LogP contribution in [0.1, 0.15) is 33.6 Å². The van der Waals surface area contributed by atoms with Crippen LogP contribution < -0.4 is 10.5 Å². The Morgan fingerprint density at radius 3 is 2.42 bits per heavy atom. The molecule has 1 aromatic carbocycles. The predicted molar refractivity (Wildman–Crippen MR) is 80.2 cm³/mol. The molecule has 7 heteroatoms.